The molecule has 6 nitrogen and oxygen atoms in total. The lowest BCUT2D eigenvalue weighted by molar-refractivity contribution is 0.485. The van der Waals surface area contributed by atoms with E-state index in [0.717, 1.165) is 56.4 Å². The number of nitrogens with zero attached hydrogens (tertiary/aromatic N) is 4. The Hall–Kier alpha value is -7.02. The van der Waals surface area contributed by atoms with E-state index in [0.29, 0.717) is 22.6 Å². The van der Waals surface area contributed by atoms with Gasteiger partial charge in [0.25, 0.3) is 0 Å². The molecule has 0 radical (unpaired) electrons. The van der Waals surface area contributed by atoms with Gasteiger partial charge in [-0.05, 0) is 72.8 Å². The summed E-state index contributed by atoms with van der Waals surface area (Å²) in [6.45, 7) is 0. The number of benzene rings is 6. The number of rotatable bonds is 0. The Kier molecular flexibility index (Phi) is 6.15. The third-order valence-corrected chi connectivity index (χ3v) is 8.85. The SMILES string of the molecule is N#Cc1ccc2c(c1)Oc1ccccc1-c1cc3ccccc3n1-2.N#Cc1ccc2c(c1)Oc1ccccc1-c1cc3ccccc3n1-2. The van der Waals surface area contributed by atoms with Crippen molar-refractivity contribution in [3.05, 3.63) is 157 Å². The lowest BCUT2D eigenvalue weighted by Crippen LogP contribution is -1.96. The van der Waals surface area contributed by atoms with Gasteiger partial charge in [0.15, 0.2) is 11.5 Å². The largest absolute Gasteiger partial charge is 0.454 e. The second kappa shape index (κ2) is 10.8. The van der Waals surface area contributed by atoms with E-state index in [1.54, 1.807) is 12.1 Å². The number of ether oxygens (including phenoxy) is 2. The predicted octanol–water partition coefficient (Wildman–Crippen LogP) is 10.5. The molecule has 0 bridgehead atoms. The van der Waals surface area contributed by atoms with Crippen molar-refractivity contribution in [1.29, 1.82) is 10.5 Å². The molecule has 10 rings (SSSR count). The van der Waals surface area contributed by atoms with Crippen LogP contribution >= 0.6 is 0 Å². The first-order valence-electron chi connectivity index (χ1n) is 15.5. The zero-order chi connectivity index (χ0) is 32.2. The van der Waals surface area contributed by atoms with Crippen molar-refractivity contribution >= 4 is 21.8 Å². The summed E-state index contributed by atoms with van der Waals surface area (Å²) in [6, 6.07) is 52.5. The minimum Gasteiger partial charge on any atom is -0.454 e. The summed E-state index contributed by atoms with van der Waals surface area (Å²) < 4.78 is 16.7. The number of fused-ring (bicyclic) bond motifs is 14. The summed E-state index contributed by atoms with van der Waals surface area (Å²) in [5, 5.41) is 20.8. The molecule has 2 aliphatic heterocycles. The molecule has 0 unspecified atom stereocenters. The van der Waals surface area contributed by atoms with Gasteiger partial charge in [0.2, 0.25) is 0 Å². The highest BCUT2D eigenvalue weighted by molar-refractivity contribution is 5.93. The van der Waals surface area contributed by atoms with Gasteiger partial charge in [0.05, 0.1) is 57.1 Å². The first kappa shape index (κ1) is 27.3. The highest BCUT2D eigenvalue weighted by Crippen LogP contribution is 2.46. The molecule has 48 heavy (non-hydrogen) atoms. The molecule has 0 fully saturated rings. The van der Waals surface area contributed by atoms with Crippen LogP contribution in [-0.4, -0.2) is 9.13 Å². The second-order valence-corrected chi connectivity index (χ2v) is 11.6. The van der Waals surface area contributed by atoms with Gasteiger partial charge in [-0.15, -0.1) is 0 Å². The van der Waals surface area contributed by atoms with E-state index in [4.69, 9.17) is 9.47 Å². The molecule has 224 valence electrons. The van der Waals surface area contributed by atoms with Crippen LogP contribution in [0.2, 0.25) is 0 Å². The Morgan fingerprint density at radius 3 is 1.29 bits per heavy atom. The van der Waals surface area contributed by atoms with Crippen molar-refractivity contribution in [2.75, 3.05) is 0 Å². The fourth-order valence-corrected chi connectivity index (χ4v) is 6.70. The third-order valence-electron chi connectivity index (χ3n) is 8.85. The van der Waals surface area contributed by atoms with Crippen LogP contribution in [0.3, 0.4) is 0 Å². The fourth-order valence-electron chi connectivity index (χ4n) is 6.70. The van der Waals surface area contributed by atoms with Crippen LogP contribution in [0.25, 0.3) is 55.7 Å². The maximum Gasteiger partial charge on any atom is 0.152 e. The Balaban J connectivity index is 0.000000131. The number of aromatic nitrogens is 2. The topological polar surface area (TPSA) is 75.9 Å². The van der Waals surface area contributed by atoms with E-state index in [1.165, 1.54) is 10.8 Å². The van der Waals surface area contributed by atoms with Crippen molar-refractivity contribution in [3.8, 4) is 69.0 Å². The van der Waals surface area contributed by atoms with Crippen molar-refractivity contribution in [1.82, 2.24) is 9.13 Å². The van der Waals surface area contributed by atoms with Crippen molar-refractivity contribution in [2.24, 2.45) is 0 Å². The van der Waals surface area contributed by atoms with Crippen LogP contribution in [0.5, 0.6) is 23.0 Å². The van der Waals surface area contributed by atoms with Gasteiger partial charge in [0.1, 0.15) is 11.5 Å². The number of hydrogen-bond acceptors (Lipinski definition) is 4. The fraction of sp³-hybridized carbons (Fsp3) is 0. The quantitative estimate of drug-likeness (QED) is 0.170. The van der Waals surface area contributed by atoms with Gasteiger partial charge in [0, 0.05) is 34.0 Å². The Bertz CT molecular complexity index is 2480. The van der Waals surface area contributed by atoms with Crippen molar-refractivity contribution in [3.63, 3.8) is 0 Å². The zero-order valence-corrected chi connectivity index (χ0v) is 25.5. The van der Waals surface area contributed by atoms with Crippen LogP contribution in [0.15, 0.2) is 146 Å². The molecule has 8 aromatic rings. The van der Waals surface area contributed by atoms with E-state index < -0.39 is 0 Å². The summed E-state index contributed by atoms with van der Waals surface area (Å²) in [5.41, 5.74) is 9.59. The molecule has 0 aliphatic carbocycles. The van der Waals surface area contributed by atoms with Gasteiger partial charge in [-0.25, -0.2) is 0 Å². The van der Waals surface area contributed by atoms with Crippen LogP contribution in [0.1, 0.15) is 11.1 Å². The van der Waals surface area contributed by atoms with Crippen LogP contribution < -0.4 is 9.47 Å². The van der Waals surface area contributed by atoms with Crippen LogP contribution in [0.4, 0.5) is 0 Å². The molecule has 0 N–H and O–H groups in total. The monoisotopic (exact) mass is 616 g/mol. The summed E-state index contributed by atoms with van der Waals surface area (Å²) >= 11 is 0. The van der Waals surface area contributed by atoms with E-state index in [-0.39, 0.29) is 0 Å². The van der Waals surface area contributed by atoms with E-state index >= 15 is 0 Å². The minimum absolute atomic E-state index is 0.589. The lowest BCUT2D eigenvalue weighted by Gasteiger charge is -2.11. The molecule has 4 heterocycles. The maximum atomic E-state index is 9.22. The molecule has 6 heteroatoms. The Labute approximate surface area is 276 Å². The van der Waals surface area contributed by atoms with Crippen LogP contribution in [0, 0.1) is 22.7 Å². The number of nitriles is 2. The smallest absolute Gasteiger partial charge is 0.152 e. The molecule has 2 aliphatic rings. The molecule has 0 atom stereocenters. The summed E-state index contributed by atoms with van der Waals surface area (Å²) in [4.78, 5) is 0. The Morgan fingerprint density at radius 1 is 0.417 bits per heavy atom. The van der Waals surface area contributed by atoms with E-state index in [1.807, 2.05) is 84.9 Å². The molecule has 2 aromatic heterocycles. The van der Waals surface area contributed by atoms with Gasteiger partial charge >= 0.3 is 0 Å². The average Bonchev–Trinajstić information content (AvgIpc) is 3.63. The van der Waals surface area contributed by atoms with Crippen molar-refractivity contribution in [2.45, 2.75) is 0 Å². The summed E-state index contributed by atoms with van der Waals surface area (Å²) in [6.07, 6.45) is 0. The third kappa shape index (κ3) is 4.25. The zero-order valence-electron chi connectivity index (χ0n) is 25.5. The summed E-state index contributed by atoms with van der Waals surface area (Å²) in [5.74, 6) is 2.99. The highest BCUT2D eigenvalue weighted by Gasteiger charge is 2.24. The number of para-hydroxylation sites is 4. The molecular weight excluding hydrogens is 592 g/mol. The first-order chi connectivity index (χ1) is 23.7. The molecular formula is C42H24N4O2. The number of hydrogen-bond donors (Lipinski definition) is 0. The minimum atomic E-state index is 0.589. The average molecular weight is 617 g/mol. The van der Waals surface area contributed by atoms with E-state index in [2.05, 4.69) is 69.8 Å². The van der Waals surface area contributed by atoms with Gasteiger partial charge in [-0.2, -0.15) is 10.5 Å². The molecule has 6 aromatic carbocycles. The standard InChI is InChI=1S/2C21H12N2O/c2*22-13-14-9-10-18-21(11-14)24-20-8-4-2-6-16(20)19-12-15-5-1-3-7-17(15)23(18)19/h2*1-12H. The Morgan fingerprint density at radius 2 is 0.833 bits per heavy atom. The van der Waals surface area contributed by atoms with Crippen LogP contribution in [-0.2, 0) is 0 Å². The van der Waals surface area contributed by atoms with E-state index in [9.17, 15) is 10.5 Å². The molecule has 0 spiro atoms. The highest BCUT2D eigenvalue weighted by atomic mass is 16.5. The molecule has 0 saturated heterocycles. The first-order valence-corrected chi connectivity index (χ1v) is 15.5. The molecule has 0 amide bonds. The van der Waals surface area contributed by atoms with Crippen molar-refractivity contribution < 1.29 is 9.47 Å². The lowest BCUT2D eigenvalue weighted by atomic mass is 10.1. The van der Waals surface area contributed by atoms with Gasteiger partial charge < -0.3 is 18.6 Å². The molecule has 0 saturated carbocycles. The van der Waals surface area contributed by atoms with Gasteiger partial charge in [-0.1, -0.05) is 60.7 Å². The maximum absolute atomic E-state index is 9.22. The predicted molar refractivity (Wildman–Crippen MR) is 187 cm³/mol. The second-order valence-electron chi connectivity index (χ2n) is 11.6. The normalized spacial score (nSPS) is 11.6. The summed E-state index contributed by atoms with van der Waals surface area (Å²) in [7, 11) is 0. The van der Waals surface area contributed by atoms with Gasteiger partial charge in [-0.3, -0.25) is 0 Å².